The van der Waals surface area contributed by atoms with E-state index < -0.39 is 37.8 Å². The first-order chi connectivity index (χ1) is 13.5. The minimum Gasteiger partial charge on any atom is -0.491 e. The van der Waals surface area contributed by atoms with Crippen LogP contribution in [-0.2, 0) is 25.0 Å². The van der Waals surface area contributed by atoms with Crippen molar-refractivity contribution in [3.05, 3.63) is 48.5 Å². The maximum atomic E-state index is 12.4. The van der Waals surface area contributed by atoms with E-state index in [9.17, 15) is 26.7 Å². The van der Waals surface area contributed by atoms with E-state index in [2.05, 4.69) is 15.6 Å². The number of aliphatic hydroxyl groups excluding tert-OH is 1. The monoisotopic (exact) mass is 440 g/mol. The largest absolute Gasteiger partial charge is 0.491 e. The molecule has 3 rings (SSSR count). The summed E-state index contributed by atoms with van der Waals surface area (Å²) in [7, 11) is -8.76. The molecular weight excluding hydrogens is 428 g/mol. The molecule has 0 atom stereocenters. The van der Waals surface area contributed by atoms with Gasteiger partial charge in [-0.3, -0.25) is 19.3 Å². The minimum absolute atomic E-state index is 0.108. The molecular formula is C15H12N4O8S2. The first-order valence-corrected chi connectivity index (χ1v) is 10.5. The summed E-state index contributed by atoms with van der Waals surface area (Å²) >= 11 is 0. The van der Waals surface area contributed by atoms with E-state index in [0.29, 0.717) is 0 Å². The number of nitrogens with zero attached hydrogens (tertiary/aromatic N) is 3. The molecule has 12 nitrogen and oxygen atoms in total. The molecule has 0 bridgehead atoms. The summed E-state index contributed by atoms with van der Waals surface area (Å²) < 4.78 is 62.0. The Hall–Kier alpha value is -3.33. The van der Waals surface area contributed by atoms with E-state index in [4.69, 9.17) is 9.11 Å². The topological polar surface area (TPSA) is 186 Å². The van der Waals surface area contributed by atoms with Crippen molar-refractivity contribution in [1.29, 1.82) is 0 Å². The van der Waals surface area contributed by atoms with Crippen LogP contribution in [0.25, 0.3) is 0 Å². The number of carbonyl (C=O) groups excluding carboxylic acids is 1. The number of aliphatic hydroxyl groups is 1. The van der Waals surface area contributed by atoms with Gasteiger partial charge in [0.05, 0.1) is 21.2 Å². The summed E-state index contributed by atoms with van der Waals surface area (Å²) in [5.41, 5.74) is 2.34. The molecule has 14 heteroatoms. The van der Waals surface area contributed by atoms with Crippen molar-refractivity contribution in [3.63, 3.8) is 0 Å². The maximum absolute atomic E-state index is 12.4. The molecule has 2 aromatic rings. The normalized spacial score (nSPS) is 16.2. The van der Waals surface area contributed by atoms with Crippen LogP contribution in [-0.4, -0.2) is 48.6 Å². The van der Waals surface area contributed by atoms with Crippen LogP contribution < -0.4 is 10.4 Å². The number of carbonyl (C=O) groups is 1. The van der Waals surface area contributed by atoms with Crippen molar-refractivity contribution >= 4 is 49.1 Å². The molecule has 4 N–H and O–H groups in total. The zero-order valence-corrected chi connectivity index (χ0v) is 15.8. The van der Waals surface area contributed by atoms with Gasteiger partial charge in [0.1, 0.15) is 0 Å². The van der Waals surface area contributed by atoms with Crippen LogP contribution in [0.4, 0.5) is 11.4 Å². The maximum Gasteiger partial charge on any atom is 0.304 e. The molecule has 1 amide bonds. The van der Waals surface area contributed by atoms with E-state index in [0.717, 1.165) is 29.3 Å². The molecule has 152 valence electrons. The predicted molar refractivity (Wildman–Crippen MR) is 101 cm³/mol. The minimum atomic E-state index is -4.41. The third kappa shape index (κ3) is 4.40. The van der Waals surface area contributed by atoms with Gasteiger partial charge >= 0.3 is 5.91 Å². The fourth-order valence-corrected chi connectivity index (χ4v) is 3.20. The summed E-state index contributed by atoms with van der Waals surface area (Å²) in [6, 6.07) is 9.24. The van der Waals surface area contributed by atoms with Crippen LogP contribution in [0, 0.1) is 0 Å². The highest BCUT2D eigenvalue weighted by molar-refractivity contribution is 7.86. The fraction of sp³-hybridized carbons (Fsp3) is 0. The van der Waals surface area contributed by atoms with Crippen LogP contribution in [0.1, 0.15) is 0 Å². The van der Waals surface area contributed by atoms with Gasteiger partial charge in [0.2, 0.25) is 5.71 Å². The first kappa shape index (κ1) is 20.4. The lowest BCUT2D eigenvalue weighted by atomic mass is 10.3. The average molecular weight is 440 g/mol. The Morgan fingerprint density at radius 2 is 1.34 bits per heavy atom. The summed E-state index contributed by atoms with van der Waals surface area (Å²) in [4.78, 5) is 11.7. The average Bonchev–Trinajstić information content (AvgIpc) is 2.93. The number of amides is 1. The van der Waals surface area contributed by atoms with Crippen molar-refractivity contribution in [2.75, 3.05) is 10.4 Å². The highest BCUT2D eigenvalue weighted by atomic mass is 32.2. The number of rotatable bonds is 5. The molecule has 0 radical (unpaired) electrons. The molecule has 0 aliphatic carbocycles. The van der Waals surface area contributed by atoms with Gasteiger partial charge in [-0.05, 0) is 48.5 Å². The summed E-state index contributed by atoms with van der Waals surface area (Å²) in [6.45, 7) is 0. The number of hydrogen-bond acceptors (Lipinski definition) is 8. The van der Waals surface area contributed by atoms with Crippen LogP contribution >= 0.6 is 0 Å². The van der Waals surface area contributed by atoms with Crippen molar-refractivity contribution in [2.45, 2.75) is 9.79 Å². The number of hydrogen-bond donors (Lipinski definition) is 4. The highest BCUT2D eigenvalue weighted by Crippen LogP contribution is 2.22. The second kappa shape index (κ2) is 7.25. The molecule has 0 fully saturated rings. The molecule has 0 saturated heterocycles. The van der Waals surface area contributed by atoms with Crippen LogP contribution in [0.3, 0.4) is 0 Å². The van der Waals surface area contributed by atoms with Gasteiger partial charge < -0.3 is 5.11 Å². The Labute approximate surface area is 164 Å². The van der Waals surface area contributed by atoms with Crippen LogP contribution in [0.15, 0.2) is 68.5 Å². The zero-order chi connectivity index (χ0) is 21.4. The summed E-state index contributed by atoms with van der Waals surface area (Å²) in [5.74, 6) is -1.54. The number of anilines is 2. The molecule has 0 unspecified atom stereocenters. The smallest absolute Gasteiger partial charge is 0.304 e. The van der Waals surface area contributed by atoms with Crippen molar-refractivity contribution < 1.29 is 35.8 Å². The van der Waals surface area contributed by atoms with Gasteiger partial charge in [0.15, 0.2) is 0 Å². The Kier molecular flexibility index (Phi) is 5.10. The molecule has 0 saturated carbocycles. The molecule has 0 spiro atoms. The molecule has 1 heterocycles. The first-order valence-electron chi connectivity index (χ1n) is 7.58. The molecule has 0 aromatic heterocycles. The van der Waals surface area contributed by atoms with Gasteiger partial charge in [-0.2, -0.15) is 26.9 Å². The lowest BCUT2D eigenvalue weighted by molar-refractivity contribution is -0.112. The van der Waals surface area contributed by atoms with Gasteiger partial charge in [-0.15, -0.1) is 5.10 Å². The summed E-state index contributed by atoms with van der Waals surface area (Å²) in [5, 5.41) is 18.0. The Morgan fingerprint density at radius 1 is 0.862 bits per heavy atom. The lowest BCUT2D eigenvalue weighted by Gasteiger charge is -2.11. The van der Waals surface area contributed by atoms with Gasteiger partial charge in [-0.1, -0.05) is 0 Å². The van der Waals surface area contributed by atoms with Gasteiger partial charge in [-0.25, -0.2) is 0 Å². The number of nitrogens with one attached hydrogen (secondary N) is 1. The third-order valence-electron chi connectivity index (χ3n) is 3.63. The van der Waals surface area contributed by atoms with Gasteiger partial charge in [0.25, 0.3) is 26.1 Å². The summed E-state index contributed by atoms with van der Waals surface area (Å²) in [6.07, 6.45) is 0. The van der Waals surface area contributed by atoms with Crippen molar-refractivity contribution in [1.82, 2.24) is 0 Å². The van der Waals surface area contributed by atoms with E-state index in [1.807, 2.05) is 0 Å². The molecule has 2 aromatic carbocycles. The standard InChI is InChI=1S/C15H12N4O8S2/c20-14-13(17-16-9-1-5-11(6-2-9)28(22,23)24)15(21)19(18-14)10-3-7-12(8-4-10)29(25,26)27/h1-8,16H,(H,18,20)(H,22,23,24)(H,25,26,27)/b17-13-. The van der Waals surface area contributed by atoms with Crippen LogP contribution in [0.2, 0.25) is 0 Å². The zero-order valence-electron chi connectivity index (χ0n) is 14.2. The number of benzene rings is 2. The Bertz CT molecular complexity index is 1230. The van der Waals surface area contributed by atoms with E-state index in [1.54, 1.807) is 0 Å². The molecule has 1 aliphatic rings. The van der Waals surface area contributed by atoms with E-state index in [1.165, 1.54) is 24.3 Å². The number of hydrazone groups is 2. The van der Waals surface area contributed by atoms with E-state index in [-0.39, 0.29) is 21.2 Å². The SMILES string of the molecule is O=C1/C(=N\Nc2ccc(S(=O)(=O)O)cc2)C(O)=NN1c1ccc(S(=O)(=O)O)cc1. The Balaban J connectivity index is 1.79. The van der Waals surface area contributed by atoms with Crippen molar-refractivity contribution in [3.8, 4) is 0 Å². The second-order valence-corrected chi connectivity index (χ2v) is 8.42. The fourth-order valence-electron chi connectivity index (χ4n) is 2.24. The molecule has 29 heavy (non-hydrogen) atoms. The predicted octanol–water partition coefficient (Wildman–Crippen LogP) is 0.866. The van der Waals surface area contributed by atoms with Gasteiger partial charge in [0, 0.05) is 0 Å². The Morgan fingerprint density at radius 3 is 1.83 bits per heavy atom. The quantitative estimate of drug-likeness (QED) is 0.386. The van der Waals surface area contributed by atoms with Crippen molar-refractivity contribution in [2.24, 2.45) is 10.2 Å². The van der Waals surface area contributed by atoms with E-state index >= 15 is 0 Å². The molecule has 1 aliphatic heterocycles. The van der Waals surface area contributed by atoms with Crippen LogP contribution in [0.5, 0.6) is 0 Å². The lowest BCUT2D eigenvalue weighted by Crippen LogP contribution is -2.28. The second-order valence-electron chi connectivity index (χ2n) is 5.58. The third-order valence-corrected chi connectivity index (χ3v) is 5.37. The highest BCUT2D eigenvalue weighted by Gasteiger charge is 2.33.